The molecule has 16 nitrogen and oxygen atoms in total. The molecule has 0 saturated carbocycles. The summed E-state index contributed by atoms with van der Waals surface area (Å²) in [7, 11) is 0. The number of amidine groups is 1. The van der Waals surface area contributed by atoms with Gasteiger partial charge in [0.2, 0.25) is 29.5 Å². The number of urea groups is 1. The van der Waals surface area contributed by atoms with Crippen LogP contribution in [0.4, 0.5) is 4.79 Å². The van der Waals surface area contributed by atoms with Crippen molar-refractivity contribution in [3.63, 3.8) is 0 Å². The molecule has 16 heteroatoms. The van der Waals surface area contributed by atoms with Crippen molar-refractivity contribution in [2.75, 3.05) is 32.8 Å². The molecule has 1 aromatic rings. The van der Waals surface area contributed by atoms with Gasteiger partial charge in [0.05, 0.1) is 6.54 Å². The number of carbonyl (C=O) groups is 7. The van der Waals surface area contributed by atoms with Crippen LogP contribution >= 0.6 is 0 Å². The van der Waals surface area contributed by atoms with Crippen molar-refractivity contribution in [3.8, 4) is 0 Å². The van der Waals surface area contributed by atoms with Crippen LogP contribution in [0.5, 0.6) is 0 Å². The third-order valence-corrected chi connectivity index (χ3v) is 10.7. The number of carbonyl (C=O) groups excluding carboxylic acids is 7. The van der Waals surface area contributed by atoms with E-state index in [-0.39, 0.29) is 31.3 Å². The van der Waals surface area contributed by atoms with Gasteiger partial charge in [-0.15, -0.1) is 0 Å². The maximum atomic E-state index is 14.5. The Labute approximate surface area is 314 Å². The lowest BCUT2D eigenvalue weighted by atomic mass is 9.99. The monoisotopic (exact) mass is 746 g/mol. The second-order valence-electron chi connectivity index (χ2n) is 15.0. The zero-order valence-electron chi connectivity index (χ0n) is 31.0. The molecule has 0 spiro atoms. The lowest BCUT2D eigenvalue weighted by molar-refractivity contribution is -0.158. The zero-order chi connectivity index (χ0) is 38.5. The average molecular weight is 747 g/mol. The summed E-state index contributed by atoms with van der Waals surface area (Å²) >= 11 is 0. The Bertz CT molecular complexity index is 1720. The van der Waals surface area contributed by atoms with Crippen LogP contribution in [-0.2, 0) is 39.9 Å². The van der Waals surface area contributed by atoms with Crippen LogP contribution in [0.25, 0.3) is 0 Å². The summed E-state index contributed by atoms with van der Waals surface area (Å²) < 4.78 is 5.73. The molecule has 54 heavy (non-hydrogen) atoms. The molecule has 7 atom stereocenters. The Morgan fingerprint density at radius 3 is 2.37 bits per heavy atom. The highest BCUT2D eigenvalue weighted by Gasteiger charge is 2.46. The summed E-state index contributed by atoms with van der Waals surface area (Å²) in [6, 6.07) is 2.09. The van der Waals surface area contributed by atoms with Crippen molar-refractivity contribution < 1.29 is 38.3 Å². The van der Waals surface area contributed by atoms with E-state index in [1.807, 2.05) is 19.9 Å². The summed E-state index contributed by atoms with van der Waals surface area (Å²) in [5.74, 6) is -3.11. The minimum Gasteiger partial charge on any atom is -0.461 e. The van der Waals surface area contributed by atoms with E-state index in [0.29, 0.717) is 57.5 Å². The molecule has 5 aliphatic heterocycles. The van der Waals surface area contributed by atoms with Crippen molar-refractivity contribution in [1.29, 1.82) is 0 Å². The first-order chi connectivity index (χ1) is 25.9. The van der Waals surface area contributed by atoms with Gasteiger partial charge in [-0.2, -0.15) is 0 Å². The molecule has 0 aliphatic carbocycles. The molecule has 5 aliphatic rings. The van der Waals surface area contributed by atoms with E-state index in [4.69, 9.17) is 4.74 Å². The second kappa shape index (κ2) is 16.8. The number of esters is 1. The quantitative estimate of drug-likeness (QED) is 0.311. The summed E-state index contributed by atoms with van der Waals surface area (Å²) in [4.78, 5) is 105. The first-order valence-electron chi connectivity index (χ1n) is 18.9. The SMILES string of the molecule is CC1=CC(NC(=O)N[C@@H](Cc2ccccc2)C(=O)N[C@H]2COC(=O)[C@@H]3C[C@@H](C)CN3C(=O)[C@H](C)NC(=O)[C@@H]3CCCCN3C(=O)[C@@H]3CCCN3C2=O)=NC1. The fourth-order valence-electron chi connectivity index (χ4n) is 7.97. The van der Waals surface area contributed by atoms with Crippen LogP contribution in [0.1, 0.15) is 64.9 Å². The van der Waals surface area contributed by atoms with Gasteiger partial charge >= 0.3 is 12.0 Å². The second-order valence-corrected chi connectivity index (χ2v) is 15.0. The normalized spacial score (nSPS) is 28.6. The first kappa shape index (κ1) is 38.4. The number of nitrogens with zero attached hydrogens (tertiary/aromatic N) is 4. The molecular weight excluding hydrogens is 696 g/mol. The topological polar surface area (TPSA) is 199 Å². The molecular formula is C38H50N8O8. The standard InChI is InChI=1S/C38H50N8O8/c1-22-17-31(39-19-22)43-38(53)42-26(18-25-10-5-4-6-11-25)32(47)41-27-21-54-37(52)30-16-23(2)20-46(30)34(49)24(3)40-33(48)28-12-7-8-14-44(28)36(51)29-13-9-15-45(29)35(27)50/h4-6,10-11,17,23-24,26-30H,7-9,12-16,18-21H2,1-3H3,(H,40,48)(H,41,47)(H2,39,42,43,53)/t23-,24+,26+,27+,28+,29+,30+/m1/s1. The third kappa shape index (κ3) is 8.74. The molecule has 5 heterocycles. The third-order valence-electron chi connectivity index (χ3n) is 10.7. The number of cyclic esters (lactones) is 1. The van der Waals surface area contributed by atoms with Gasteiger partial charge in [0, 0.05) is 26.1 Å². The van der Waals surface area contributed by atoms with Gasteiger partial charge in [-0.05, 0) is 75.5 Å². The van der Waals surface area contributed by atoms with Gasteiger partial charge in [0.15, 0.2) is 0 Å². The molecule has 4 N–H and O–H groups in total. The predicted octanol–water partition coefficient (Wildman–Crippen LogP) is 0.411. The minimum absolute atomic E-state index is 0.0454. The fourth-order valence-corrected chi connectivity index (χ4v) is 7.97. The molecule has 0 radical (unpaired) electrons. The largest absolute Gasteiger partial charge is 0.461 e. The van der Waals surface area contributed by atoms with Crippen molar-refractivity contribution >= 4 is 47.4 Å². The Balaban J connectivity index is 1.29. The van der Waals surface area contributed by atoms with Gasteiger partial charge in [-0.3, -0.25) is 34.3 Å². The van der Waals surface area contributed by atoms with E-state index in [1.165, 1.54) is 14.7 Å². The van der Waals surface area contributed by atoms with Crippen LogP contribution < -0.4 is 21.3 Å². The van der Waals surface area contributed by atoms with Gasteiger partial charge in [0.25, 0.3) is 0 Å². The summed E-state index contributed by atoms with van der Waals surface area (Å²) in [6.07, 6.45) is 4.75. The number of aliphatic imine (C=N–C) groups is 1. The van der Waals surface area contributed by atoms with Crippen molar-refractivity contribution in [2.45, 2.75) is 102 Å². The summed E-state index contributed by atoms with van der Waals surface area (Å²) in [6.45, 7) is 6.01. The van der Waals surface area contributed by atoms with E-state index in [2.05, 4.69) is 26.3 Å². The van der Waals surface area contributed by atoms with Gasteiger partial charge in [-0.1, -0.05) is 37.3 Å². The molecule has 0 unspecified atom stereocenters. The number of hydrogen-bond acceptors (Lipinski definition) is 9. The van der Waals surface area contributed by atoms with Crippen LogP contribution in [0.15, 0.2) is 47.0 Å². The van der Waals surface area contributed by atoms with Gasteiger partial charge in [0.1, 0.15) is 48.7 Å². The van der Waals surface area contributed by atoms with Crippen LogP contribution in [0.2, 0.25) is 0 Å². The molecule has 7 amide bonds. The first-order valence-corrected chi connectivity index (χ1v) is 18.9. The number of hydrogen-bond donors (Lipinski definition) is 4. The Hall–Kier alpha value is -5.28. The zero-order valence-corrected chi connectivity index (χ0v) is 31.0. The Morgan fingerprint density at radius 1 is 0.907 bits per heavy atom. The number of piperidine rings is 1. The molecule has 1 aromatic carbocycles. The summed E-state index contributed by atoms with van der Waals surface area (Å²) in [5.41, 5.74) is 1.70. The van der Waals surface area contributed by atoms with Crippen molar-refractivity contribution in [3.05, 3.63) is 47.5 Å². The average Bonchev–Trinajstić information content (AvgIpc) is 3.91. The highest BCUT2D eigenvalue weighted by molar-refractivity contribution is 6.06. The fraction of sp³-hybridized carbons (Fsp3) is 0.579. The lowest BCUT2D eigenvalue weighted by Gasteiger charge is -2.39. The van der Waals surface area contributed by atoms with Crippen LogP contribution in [0, 0.1) is 5.92 Å². The molecule has 4 fully saturated rings. The van der Waals surface area contributed by atoms with Crippen molar-refractivity contribution in [1.82, 2.24) is 36.0 Å². The number of nitrogens with one attached hydrogen (secondary N) is 4. The molecule has 0 bridgehead atoms. The van der Waals surface area contributed by atoms with E-state index in [9.17, 15) is 33.6 Å². The Morgan fingerprint density at radius 2 is 1.63 bits per heavy atom. The minimum atomic E-state index is -1.43. The van der Waals surface area contributed by atoms with Gasteiger partial charge in [-0.25, -0.2) is 9.59 Å². The van der Waals surface area contributed by atoms with Crippen LogP contribution in [0.3, 0.4) is 0 Å². The van der Waals surface area contributed by atoms with E-state index in [0.717, 1.165) is 11.1 Å². The number of ether oxygens (including phenoxy) is 1. The maximum Gasteiger partial charge on any atom is 0.328 e. The summed E-state index contributed by atoms with van der Waals surface area (Å²) in [5, 5.41) is 10.9. The van der Waals surface area contributed by atoms with E-state index in [1.54, 1.807) is 37.3 Å². The molecule has 6 rings (SSSR count). The van der Waals surface area contributed by atoms with E-state index >= 15 is 0 Å². The molecule has 290 valence electrons. The van der Waals surface area contributed by atoms with E-state index < -0.39 is 78.5 Å². The smallest absolute Gasteiger partial charge is 0.328 e. The van der Waals surface area contributed by atoms with Gasteiger partial charge < -0.3 is 35.4 Å². The number of amides is 7. The maximum absolute atomic E-state index is 14.5. The predicted molar refractivity (Wildman–Crippen MR) is 196 cm³/mol. The molecule has 0 aromatic heterocycles. The van der Waals surface area contributed by atoms with Crippen molar-refractivity contribution in [2.24, 2.45) is 10.9 Å². The lowest BCUT2D eigenvalue weighted by Crippen LogP contribution is -2.62. The Kier molecular flexibility index (Phi) is 12.0. The number of rotatable bonds is 5. The highest BCUT2D eigenvalue weighted by Crippen LogP contribution is 2.28. The highest BCUT2D eigenvalue weighted by atomic mass is 16.5. The molecule has 4 saturated heterocycles. The number of fused-ring (bicyclic) bond motifs is 3. The van der Waals surface area contributed by atoms with Crippen LogP contribution in [-0.4, -0.2) is 131 Å². The number of benzene rings is 1.